The van der Waals surface area contributed by atoms with Gasteiger partial charge in [0.25, 0.3) is 0 Å². The molecule has 0 aromatic carbocycles. The zero-order valence-electron chi connectivity index (χ0n) is 9.47. The lowest BCUT2D eigenvalue weighted by Gasteiger charge is -2.13. The number of hydrogen-bond donors (Lipinski definition) is 3. The molecule has 1 fully saturated rings. The molecule has 1 aliphatic rings. The van der Waals surface area contributed by atoms with E-state index in [4.69, 9.17) is 15.6 Å². The summed E-state index contributed by atoms with van der Waals surface area (Å²) in [5, 5.41) is 26.3. The zero-order valence-corrected chi connectivity index (χ0v) is 9.47. The molecule has 0 saturated carbocycles. The first-order valence-corrected chi connectivity index (χ1v) is 5.58. The minimum Gasteiger partial charge on any atom is -0.394 e. The Kier molecular flexibility index (Phi) is 2.62. The Morgan fingerprint density at radius 2 is 2.39 bits per heavy atom. The predicted octanol–water partition coefficient (Wildman–Crippen LogP) is -0.951. The lowest BCUT2D eigenvalue weighted by Crippen LogP contribution is -2.24. The number of nitrogen functional groups attached to an aromatic ring is 1. The number of aliphatic hydroxyl groups is 2. The molecule has 18 heavy (non-hydrogen) atoms. The predicted molar refractivity (Wildman–Crippen MR) is 61.4 cm³/mol. The number of anilines is 1. The van der Waals surface area contributed by atoms with Crippen LogP contribution < -0.4 is 5.73 Å². The summed E-state index contributed by atoms with van der Waals surface area (Å²) in [6, 6.07) is 0. The van der Waals surface area contributed by atoms with Crippen molar-refractivity contribution in [2.24, 2.45) is 0 Å². The highest BCUT2D eigenvalue weighted by atomic mass is 16.5. The van der Waals surface area contributed by atoms with Crippen LogP contribution in [0.4, 0.5) is 5.82 Å². The number of hydrogen-bond acceptors (Lipinski definition) is 7. The highest BCUT2D eigenvalue weighted by molar-refractivity contribution is 5.83. The quantitative estimate of drug-likeness (QED) is 0.629. The molecule has 0 bridgehead atoms. The van der Waals surface area contributed by atoms with Gasteiger partial charge in [0.05, 0.1) is 30.8 Å². The maximum atomic E-state index is 9.71. The standard InChI is InChI=1S/C10H13N5O3/c11-10-9-5(2-13-14-10)15(4-12-9)8-1-6(17)7(3-16)18-8/h2,4,6-8,16-17H,1,3H2,(H2,11,14)/t6-,7+,8+/m1/s1. The van der Waals surface area contributed by atoms with E-state index in [1.807, 2.05) is 0 Å². The minimum atomic E-state index is -0.690. The molecule has 0 aliphatic carbocycles. The Bertz CT molecular complexity index is 572. The van der Waals surface area contributed by atoms with E-state index in [2.05, 4.69) is 15.2 Å². The number of imidazole rings is 1. The average Bonchev–Trinajstić information content (AvgIpc) is 2.93. The third kappa shape index (κ3) is 1.62. The summed E-state index contributed by atoms with van der Waals surface area (Å²) < 4.78 is 7.28. The van der Waals surface area contributed by atoms with Crippen LogP contribution in [0.3, 0.4) is 0 Å². The molecule has 0 amide bonds. The van der Waals surface area contributed by atoms with Crippen LogP contribution in [0.2, 0.25) is 0 Å². The molecule has 3 rings (SSSR count). The fourth-order valence-electron chi connectivity index (χ4n) is 2.17. The van der Waals surface area contributed by atoms with E-state index in [1.165, 1.54) is 0 Å². The van der Waals surface area contributed by atoms with Gasteiger partial charge in [-0.15, -0.1) is 5.10 Å². The lowest BCUT2D eigenvalue weighted by molar-refractivity contribution is -0.0430. The number of nitrogens with two attached hydrogens (primary N) is 1. The van der Waals surface area contributed by atoms with Crippen LogP contribution in [0.25, 0.3) is 11.0 Å². The minimum absolute atomic E-state index is 0.216. The molecule has 8 nitrogen and oxygen atoms in total. The Hall–Kier alpha value is -1.77. The van der Waals surface area contributed by atoms with Crippen molar-refractivity contribution in [3.05, 3.63) is 12.5 Å². The van der Waals surface area contributed by atoms with Crippen molar-refractivity contribution >= 4 is 16.9 Å². The largest absolute Gasteiger partial charge is 0.394 e. The zero-order chi connectivity index (χ0) is 12.7. The molecule has 3 atom stereocenters. The molecular formula is C10H13N5O3. The SMILES string of the molecule is Nc1nncc2c1ncn2[C@@H]1C[C@@H](O)[C@H](CO)O1. The lowest BCUT2D eigenvalue weighted by atomic mass is 10.2. The summed E-state index contributed by atoms with van der Waals surface area (Å²) in [4.78, 5) is 4.15. The Labute approximate surface area is 102 Å². The van der Waals surface area contributed by atoms with E-state index in [0.717, 1.165) is 0 Å². The fourth-order valence-corrected chi connectivity index (χ4v) is 2.17. The molecule has 1 aliphatic heterocycles. The number of aliphatic hydroxyl groups excluding tert-OH is 2. The maximum absolute atomic E-state index is 9.71. The van der Waals surface area contributed by atoms with Crippen molar-refractivity contribution < 1.29 is 14.9 Å². The highest BCUT2D eigenvalue weighted by Crippen LogP contribution is 2.31. The average molecular weight is 251 g/mol. The van der Waals surface area contributed by atoms with Crippen molar-refractivity contribution in [2.45, 2.75) is 24.9 Å². The first-order valence-electron chi connectivity index (χ1n) is 5.58. The fraction of sp³-hybridized carbons (Fsp3) is 0.500. The number of rotatable bonds is 2. The third-order valence-corrected chi connectivity index (χ3v) is 3.11. The van der Waals surface area contributed by atoms with E-state index in [0.29, 0.717) is 17.5 Å². The van der Waals surface area contributed by atoms with Gasteiger partial charge in [-0.1, -0.05) is 0 Å². The van der Waals surface area contributed by atoms with Gasteiger partial charge in [0, 0.05) is 6.42 Å². The van der Waals surface area contributed by atoms with Crippen LogP contribution in [0.5, 0.6) is 0 Å². The molecule has 0 spiro atoms. The van der Waals surface area contributed by atoms with Gasteiger partial charge in [0.15, 0.2) is 5.82 Å². The van der Waals surface area contributed by atoms with Gasteiger partial charge in [-0.25, -0.2) is 4.98 Å². The van der Waals surface area contributed by atoms with Crippen LogP contribution >= 0.6 is 0 Å². The van der Waals surface area contributed by atoms with Gasteiger partial charge in [0.2, 0.25) is 0 Å². The molecular weight excluding hydrogens is 238 g/mol. The maximum Gasteiger partial charge on any atom is 0.174 e. The van der Waals surface area contributed by atoms with Crippen LogP contribution in [0, 0.1) is 0 Å². The Morgan fingerprint density at radius 1 is 1.56 bits per heavy atom. The second-order valence-electron chi connectivity index (χ2n) is 4.23. The molecule has 2 aromatic heterocycles. The van der Waals surface area contributed by atoms with Crippen LogP contribution in [-0.2, 0) is 4.74 Å². The van der Waals surface area contributed by atoms with Crippen LogP contribution in [0.1, 0.15) is 12.6 Å². The molecule has 0 unspecified atom stereocenters. The summed E-state index contributed by atoms with van der Waals surface area (Å²) in [6.45, 7) is -0.216. The van der Waals surface area contributed by atoms with Crippen LogP contribution in [0.15, 0.2) is 12.5 Å². The summed E-state index contributed by atoms with van der Waals surface area (Å²) in [7, 11) is 0. The number of ether oxygens (including phenoxy) is 1. The summed E-state index contributed by atoms with van der Waals surface area (Å²) in [5.41, 5.74) is 6.91. The van der Waals surface area contributed by atoms with E-state index in [9.17, 15) is 5.11 Å². The van der Waals surface area contributed by atoms with Crippen LogP contribution in [-0.4, -0.2) is 48.8 Å². The number of nitrogens with zero attached hydrogens (tertiary/aromatic N) is 4. The van der Waals surface area contributed by atoms with Crippen molar-refractivity contribution in [1.29, 1.82) is 0 Å². The first-order chi connectivity index (χ1) is 8.70. The molecule has 1 saturated heterocycles. The molecule has 3 heterocycles. The molecule has 0 radical (unpaired) electrons. The Morgan fingerprint density at radius 3 is 3.11 bits per heavy atom. The van der Waals surface area contributed by atoms with E-state index in [-0.39, 0.29) is 18.7 Å². The van der Waals surface area contributed by atoms with Crippen molar-refractivity contribution in [2.75, 3.05) is 12.3 Å². The molecule has 8 heteroatoms. The van der Waals surface area contributed by atoms with Crippen molar-refractivity contribution in [1.82, 2.24) is 19.7 Å². The Balaban J connectivity index is 1.99. The van der Waals surface area contributed by atoms with Gasteiger partial charge in [0.1, 0.15) is 17.8 Å². The summed E-state index contributed by atoms with van der Waals surface area (Å²) in [5.74, 6) is 0.253. The van der Waals surface area contributed by atoms with Gasteiger partial charge >= 0.3 is 0 Å². The van der Waals surface area contributed by atoms with Crippen molar-refractivity contribution in [3.63, 3.8) is 0 Å². The molecule has 2 aromatic rings. The van der Waals surface area contributed by atoms with E-state index >= 15 is 0 Å². The molecule has 4 N–H and O–H groups in total. The van der Waals surface area contributed by atoms with Gasteiger partial charge in [-0.05, 0) is 0 Å². The van der Waals surface area contributed by atoms with E-state index < -0.39 is 12.2 Å². The highest BCUT2D eigenvalue weighted by Gasteiger charge is 2.35. The third-order valence-electron chi connectivity index (χ3n) is 3.11. The normalized spacial score (nSPS) is 28.0. The molecule has 96 valence electrons. The second-order valence-corrected chi connectivity index (χ2v) is 4.23. The van der Waals surface area contributed by atoms with Crippen molar-refractivity contribution in [3.8, 4) is 0 Å². The van der Waals surface area contributed by atoms with E-state index in [1.54, 1.807) is 17.1 Å². The van der Waals surface area contributed by atoms with Gasteiger partial charge in [-0.3, -0.25) is 0 Å². The summed E-state index contributed by atoms with van der Waals surface area (Å²) in [6.07, 6.45) is 1.86. The topological polar surface area (TPSA) is 119 Å². The van der Waals surface area contributed by atoms with Gasteiger partial charge < -0.3 is 25.3 Å². The number of fused-ring (bicyclic) bond motifs is 1. The second kappa shape index (κ2) is 4.16. The van der Waals surface area contributed by atoms with Gasteiger partial charge in [-0.2, -0.15) is 5.10 Å². The monoisotopic (exact) mass is 251 g/mol. The smallest absolute Gasteiger partial charge is 0.174 e. The number of aromatic nitrogens is 4. The summed E-state index contributed by atoms with van der Waals surface area (Å²) >= 11 is 0. The first kappa shape index (κ1) is 11.3.